The van der Waals surface area contributed by atoms with Crippen LogP contribution in [0.3, 0.4) is 0 Å². The van der Waals surface area contributed by atoms with E-state index in [2.05, 4.69) is 12.6 Å². The zero-order valence-corrected chi connectivity index (χ0v) is 10.7. The molecule has 0 saturated carbocycles. The van der Waals surface area contributed by atoms with Gasteiger partial charge in [0.25, 0.3) is 0 Å². The molecule has 0 radical (unpaired) electrons. The molecule has 0 aliphatic heterocycles. The fourth-order valence-electron chi connectivity index (χ4n) is 0.352. The van der Waals surface area contributed by atoms with E-state index in [4.69, 9.17) is 4.74 Å². The Balaban J connectivity index is -0.000000175. The summed E-state index contributed by atoms with van der Waals surface area (Å²) in [4.78, 5) is 0. The van der Waals surface area contributed by atoms with Crippen LogP contribution in [0.15, 0.2) is 0 Å². The predicted molar refractivity (Wildman–Crippen MR) is 62.3 cm³/mol. The van der Waals surface area contributed by atoms with Crippen molar-refractivity contribution < 1.29 is 4.74 Å². The zero-order valence-electron chi connectivity index (χ0n) is 9.77. The van der Waals surface area contributed by atoms with Crippen molar-refractivity contribution in [3.63, 3.8) is 0 Å². The molecule has 12 heavy (non-hydrogen) atoms. The highest BCUT2D eigenvalue weighted by molar-refractivity contribution is 7.81. The maximum Gasteiger partial charge on any atom is 0.0605 e. The molecule has 0 N–H and O–H groups in total. The van der Waals surface area contributed by atoms with Crippen molar-refractivity contribution in [1.82, 2.24) is 0 Å². The van der Waals surface area contributed by atoms with E-state index in [9.17, 15) is 0 Å². The molecule has 0 saturated heterocycles. The molecule has 0 aliphatic rings. The Kier molecular flexibility index (Phi) is 21.0. The van der Waals surface area contributed by atoms with Crippen molar-refractivity contribution in [1.29, 1.82) is 0 Å². The lowest BCUT2D eigenvalue weighted by molar-refractivity contribution is 0.132. The van der Waals surface area contributed by atoms with Gasteiger partial charge in [0.05, 0.1) is 6.61 Å². The fourth-order valence-corrected chi connectivity index (χ4v) is 0.443. The van der Waals surface area contributed by atoms with Gasteiger partial charge in [-0.25, -0.2) is 0 Å². The molecule has 0 aliphatic carbocycles. The fraction of sp³-hybridized carbons (Fsp3) is 1.00. The monoisotopic (exact) mass is 194 g/mol. The van der Waals surface area contributed by atoms with Gasteiger partial charge < -0.3 is 4.74 Å². The molecule has 1 nitrogen and oxygen atoms in total. The highest BCUT2D eigenvalue weighted by atomic mass is 32.1. The van der Waals surface area contributed by atoms with E-state index in [-0.39, 0.29) is 4.75 Å². The standard InChI is InChI=1S/C6H14OS.2C2H6/c1-4-7-5-6(2,3)8;2*1-2/h8H,4-5H2,1-3H3;2*1-2H3. The Hall–Kier alpha value is 0.310. The first-order valence-corrected chi connectivity index (χ1v) is 5.31. The third-order valence-corrected chi connectivity index (χ3v) is 0.789. The van der Waals surface area contributed by atoms with Crippen LogP contribution in [0.1, 0.15) is 48.5 Å². The lowest BCUT2D eigenvalue weighted by atomic mass is 10.2. The van der Waals surface area contributed by atoms with Gasteiger partial charge in [-0.3, -0.25) is 0 Å². The topological polar surface area (TPSA) is 9.23 Å². The molecular formula is C10H26OS. The van der Waals surface area contributed by atoms with Crippen molar-refractivity contribution in [2.45, 2.75) is 53.2 Å². The highest BCUT2D eigenvalue weighted by Gasteiger charge is 2.09. The average Bonchev–Trinajstić information content (AvgIpc) is 2.07. The summed E-state index contributed by atoms with van der Waals surface area (Å²) in [5.41, 5.74) is 0. The van der Waals surface area contributed by atoms with Gasteiger partial charge >= 0.3 is 0 Å². The second-order valence-corrected chi connectivity index (χ2v) is 3.66. The summed E-state index contributed by atoms with van der Waals surface area (Å²) in [7, 11) is 0. The van der Waals surface area contributed by atoms with Gasteiger partial charge in [-0.1, -0.05) is 27.7 Å². The first-order chi connectivity index (χ1) is 5.56. The smallest absolute Gasteiger partial charge is 0.0605 e. The van der Waals surface area contributed by atoms with E-state index in [1.54, 1.807) is 0 Å². The van der Waals surface area contributed by atoms with Crippen molar-refractivity contribution in [2.24, 2.45) is 0 Å². The van der Waals surface area contributed by atoms with Gasteiger partial charge in [0.1, 0.15) is 0 Å². The van der Waals surface area contributed by atoms with Gasteiger partial charge in [0.15, 0.2) is 0 Å². The van der Waals surface area contributed by atoms with Crippen LogP contribution in [-0.4, -0.2) is 18.0 Å². The van der Waals surface area contributed by atoms with Crippen molar-refractivity contribution in [2.75, 3.05) is 13.2 Å². The van der Waals surface area contributed by atoms with Crippen molar-refractivity contribution in [3.8, 4) is 0 Å². The number of hydrogen-bond donors (Lipinski definition) is 1. The molecule has 0 unspecified atom stereocenters. The van der Waals surface area contributed by atoms with Crippen LogP contribution >= 0.6 is 12.6 Å². The third kappa shape index (κ3) is 31.7. The van der Waals surface area contributed by atoms with Crippen LogP contribution < -0.4 is 0 Å². The number of thiol groups is 1. The van der Waals surface area contributed by atoms with E-state index in [1.165, 1.54) is 0 Å². The molecular weight excluding hydrogens is 168 g/mol. The Morgan fingerprint density at radius 3 is 1.50 bits per heavy atom. The Bertz CT molecular complexity index is 57.3. The molecule has 0 fully saturated rings. The molecule has 0 rings (SSSR count). The predicted octanol–water partition coefficient (Wildman–Crippen LogP) is 3.78. The van der Waals surface area contributed by atoms with Crippen LogP contribution in [0.25, 0.3) is 0 Å². The van der Waals surface area contributed by atoms with Crippen LogP contribution in [0.2, 0.25) is 0 Å². The van der Waals surface area contributed by atoms with Crippen LogP contribution in [0.5, 0.6) is 0 Å². The summed E-state index contributed by atoms with van der Waals surface area (Å²) in [6.07, 6.45) is 0. The van der Waals surface area contributed by atoms with Crippen LogP contribution in [-0.2, 0) is 4.74 Å². The van der Waals surface area contributed by atoms with Gasteiger partial charge in [0.2, 0.25) is 0 Å². The van der Waals surface area contributed by atoms with E-state index in [0.29, 0.717) is 0 Å². The maximum absolute atomic E-state index is 5.12. The van der Waals surface area contributed by atoms with E-state index in [0.717, 1.165) is 13.2 Å². The molecule has 0 amide bonds. The molecule has 78 valence electrons. The summed E-state index contributed by atoms with van der Waals surface area (Å²) in [6, 6.07) is 0. The maximum atomic E-state index is 5.12. The normalized spacial score (nSPS) is 9.00. The SMILES string of the molecule is CC.CC.CCOCC(C)(C)S. The van der Waals surface area contributed by atoms with Gasteiger partial charge in [-0.15, -0.1) is 0 Å². The molecule has 0 atom stereocenters. The van der Waals surface area contributed by atoms with Crippen molar-refractivity contribution >= 4 is 12.6 Å². The van der Waals surface area contributed by atoms with Crippen LogP contribution in [0.4, 0.5) is 0 Å². The number of rotatable bonds is 3. The first kappa shape index (κ1) is 18.2. The minimum absolute atomic E-state index is 0.0238. The van der Waals surface area contributed by atoms with E-state index in [1.807, 2.05) is 48.5 Å². The zero-order chi connectivity index (χ0) is 10.6. The number of ether oxygens (including phenoxy) is 1. The lowest BCUT2D eigenvalue weighted by Crippen LogP contribution is -2.18. The Labute approximate surface area is 84.3 Å². The molecule has 0 heterocycles. The minimum atomic E-state index is 0.0238. The molecule has 0 aromatic heterocycles. The second kappa shape index (κ2) is 13.9. The summed E-state index contributed by atoms with van der Waals surface area (Å²) in [6.45, 7) is 15.6. The van der Waals surface area contributed by atoms with Gasteiger partial charge in [0, 0.05) is 11.4 Å². The third-order valence-electron chi connectivity index (χ3n) is 0.659. The lowest BCUT2D eigenvalue weighted by Gasteiger charge is -2.15. The highest BCUT2D eigenvalue weighted by Crippen LogP contribution is 2.10. The average molecular weight is 194 g/mol. The molecule has 0 bridgehead atoms. The molecule has 0 aromatic rings. The van der Waals surface area contributed by atoms with Crippen LogP contribution in [0, 0.1) is 0 Å². The second-order valence-electron chi connectivity index (χ2n) is 2.45. The summed E-state index contributed by atoms with van der Waals surface area (Å²) >= 11 is 4.26. The number of hydrogen-bond acceptors (Lipinski definition) is 2. The van der Waals surface area contributed by atoms with E-state index < -0.39 is 0 Å². The van der Waals surface area contributed by atoms with Crippen molar-refractivity contribution in [3.05, 3.63) is 0 Å². The van der Waals surface area contributed by atoms with Gasteiger partial charge in [-0.2, -0.15) is 12.6 Å². The summed E-state index contributed by atoms with van der Waals surface area (Å²) in [5.74, 6) is 0. The molecule has 2 heteroatoms. The molecule has 0 spiro atoms. The first-order valence-electron chi connectivity index (χ1n) is 4.86. The Morgan fingerprint density at radius 1 is 1.08 bits per heavy atom. The molecule has 0 aromatic carbocycles. The largest absolute Gasteiger partial charge is 0.380 e. The Morgan fingerprint density at radius 2 is 1.42 bits per heavy atom. The minimum Gasteiger partial charge on any atom is -0.380 e. The quantitative estimate of drug-likeness (QED) is 0.673. The summed E-state index contributed by atoms with van der Waals surface area (Å²) < 4.78 is 5.15. The van der Waals surface area contributed by atoms with Gasteiger partial charge in [-0.05, 0) is 20.8 Å². The summed E-state index contributed by atoms with van der Waals surface area (Å²) in [5, 5.41) is 0. The van der Waals surface area contributed by atoms with E-state index >= 15 is 0 Å².